The first-order valence-electron chi connectivity index (χ1n) is 12.8. The highest BCUT2D eigenvalue weighted by molar-refractivity contribution is 6.18. The van der Waals surface area contributed by atoms with Crippen molar-refractivity contribution in [1.82, 2.24) is 0 Å². The largest absolute Gasteiger partial charge is 0.376 e. The van der Waals surface area contributed by atoms with Crippen LogP contribution in [-0.2, 0) is 18.9 Å². The van der Waals surface area contributed by atoms with E-state index in [9.17, 15) is 0 Å². The Morgan fingerprint density at radius 2 is 1.21 bits per heavy atom. The molecule has 0 fully saturated rings. The van der Waals surface area contributed by atoms with Crippen molar-refractivity contribution < 1.29 is 18.9 Å². The van der Waals surface area contributed by atoms with Crippen molar-refractivity contribution in [2.75, 3.05) is 25.7 Å². The van der Waals surface area contributed by atoms with Crippen LogP contribution in [0.1, 0.15) is 110 Å². The third kappa shape index (κ3) is 13.7. The standard InChI is InChI=1S/C28H57ClO4/c1-21(2)17-23(20-32-26(9,10)15-16-30-24(3,4)5)33-28(13,14)27(11,12)22(18-29)19-31-25(6,7)8/h21-23H,15-20H2,1-14H3. The van der Waals surface area contributed by atoms with Crippen LogP contribution in [0.3, 0.4) is 0 Å². The van der Waals surface area contributed by atoms with Crippen LogP contribution in [0.4, 0.5) is 0 Å². The van der Waals surface area contributed by atoms with E-state index in [0.717, 1.165) is 12.8 Å². The van der Waals surface area contributed by atoms with E-state index >= 15 is 0 Å². The van der Waals surface area contributed by atoms with Crippen LogP contribution in [0.15, 0.2) is 0 Å². The summed E-state index contributed by atoms with van der Waals surface area (Å²) >= 11 is 6.44. The van der Waals surface area contributed by atoms with Crippen LogP contribution >= 0.6 is 11.6 Å². The Balaban J connectivity index is 5.28. The van der Waals surface area contributed by atoms with Gasteiger partial charge in [0.2, 0.25) is 0 Å². The fraction of sp³-hybridized carbons (Fsp3) is 1.00. The number of hydrogen-bond donors (Lipinski definition) is 0. The molecule has 2 atom stereocenters. The van der Waals surface area contributed by atoms with E-state index in [2.05, 4.69) is 96.9 Å². The highest BCUT2D eigenvalue weighted by atomic mass is 35.5. The molecule has 0 saturated heterocycles. The summed E-state index contributed by atoms with van der Waals surface area (Å²) in [6.07, 6.45) is 1.78. The molecular formula is C28H57ClO4. The van der Waals surface area contributed by atoms with Gasteiger partial charge in [0.15, 0.2) is 0 Å². The Kier molecular flexibility index (Phi) is 13.0. The van der Waals surface area contributed by atoms with Gasteiger partial charge in [-0.25, -0.2) is 0 Å². The van der Waals surface area contributed by atoms with Crippen LogP contribution < -0.4 is 0 Å². The third-order valence-electron chi connectivity index (χ3n) is 6.57. The van der Waals surface area contributed by atoms with Gasteiger partial charge in [-0.3, -0.25) is 0 Å². The first-order chi connectivity index (χ1) is 14.6. The summed E-state index contributed by atoms with van der Waals surface area (Å²) < 4.78 is 25.2. The normalized spacial score (nSPS) is 16.4. The molecule has 0 spiro atoms. The van der Waals surface area contributed by atoms with Gasteiger partial charge in [-0.1, -0.05) is 27.7 Å². The molecular weight excluding hydrogens is 436 g/mol. The van der Waals surface area contributed by atoms with E-state index in [1.54, 1.807) is 0 Å². The Labute approximate surface area is 211 Å². The smallest absolute Gasteiger partial charge is 0.0818 e. The molecule has 0 saturated carbocycles. The molecule has 0 aromatic heterocycles. The lowest BCUT2D eigenvalue weighted by Gasteiger charge is -2.48. The second kappa shape index (κ2) is 12.9. The van der Waals surface area contributed by atoms with E-state index in [1.165, 1.54) is 0 Å². The predicted octanol–water partition coefficient (Wildman–Crippen LogP) is 7.89. The average molecular weight is 493 g/mol. The minimum atomic E-state index is -0.407. The van der Waals surface area contributed by atoms with Crippen LogP contribution in [0.25, 0.3) is 0 Å². The second-order valence-electron chi connectivity index (χ2n) is 13.7. The number of hydrogen-bond acceptors (Lipinski definition) is 4. The van der Waals surface area contributed by atoms with Gasteiger partial charge in [0, 0.05) is 18.4 Å². The molecule has 0 heterocycles. The summed E-state index contributed by atoms with van der Waals surface area (Å²) in [5, 5.41) is 0. The first-order valence-corrected chi connectivity index (χ1v) is 13.3. The van der Waals surface area contributed by atoms with Gasteiger partial charge >= 0.3 is 0 Å². The highest BCUT2D eigenvalue weighted by Crippen LogP contribution is 2.43. The number of ether oxygens (including phenoxy) is 4. The van der Waals surface area contributed by atoms with Crippen molar-refractivity contribution in [1.29, 1.82) is 0 Å². The van der Waals surface area contributed by atoms with Gasteiger partial charge in [-0.05, 0) is 93.4 Å². The maximum atomic E-state index is 6.81. The Morgan fingerprint density at radius 1 is 0.697 bits per heavy atom. The van der Waals surface area contributed by atoms with Gasteiger partial charge in [0.25, 0.3) is 0 Å². The molecule has 0 aliphatic carbocycles. The van der Waals surface area contributed by atoms with E-state index in [1.807, 2.05) is 0 Å². The molecule has 4 nitrogen and oxygen atoms in total. The lowest BCUT2D eigenvalue weighted by Crippen LogP contribution is -2.51. The maximum absolute atomic E-state index is 6.81. The van der Waals surface area contributed by atoms with E-state index in [4.69, 9.17) is 30.5 Å². The molecule has 0 aromatic carbocycles. The molecule has 0 amide bonds. The Morgan fingerprint density at radius 3 is 1.64 bits per heavy atom. The summed E-state index contributed by atoms with van der Waals surface area (Å²) in [5.74, 6) is 1.21. The molecule has 0 aliphatic rings. The zero-order chi connectivity index (χ0) is 26.3. The Hall–Kier alpha value is 0.130. The summed E-state index contributed by atoms with van der Waals surface area (Å²) in [7, 11) is 0. The van der Waals surface area contributed by atoms with Crippen LogP contribution in [0, 0.1) is 17.3 Å². The van der Waals surface area contributed by atoms with Crippen molar-refractivity contribution in [3.63, 3.8) is 0 Å². The number of halogens is 1. The fourth-order valence-electron chi connectivity index (χ4n) is 3.53. The fourth-order valence-corrected chi connectivity index (χ4v) is 4.00. The molecule has 0 aliphatic heterocycles. The lowest BCUT2D eigenvalue weighted by molar-refractivity contribution is -0.191. The topological polar surface area (TPSA) is 36.9 Å². The monoisotopic (exact) mass is 492 g/mol. The zero-order valence-corrected chi connectivity index (χ0v) is 25.2. The average Bonchev–Trinajstić information content (AvgIpc) is 2.56. The summed E-state index contributed by atoms with van der Waals surface area (Å²) in [5.41, 5.74) is -1.20. The molecule has 0 radical (unpaired) electrons. The molecule has 0 rings (SSSR count). The zero-order valence-electron chi connectivity index (χ0n) is 24.5. The van der Waals surface area contributed by atoms with Gasteiger partial charge in [0.05, 0.1) is 41.7 Å². The lowest BCUT2D eigenvalue weighted by atomic mass is 9.68. The number of rotatable bonds is 15. The van der Waals surface area contributed by atoms with Crippen molar-refractivity contribution in [2.24, 2.45) is 17.3 Å². The SMILES string of the molecule is CC(C)CC(COC(C)(C)CCOC(C)(C)C)OC(C)(C)C(C)(C)C(CCl)COC(C)(C)C. The number of alkyl halides is 1. The minimum Gasteiger partial charge on any atom is -0.376 e. The van der Waals surface area contributed by atoms with Crippen LogP contribution in [-0.4, -0.2) is 54.2 Å². The van der Waals surface area contributed by atoms with Crippen molar-refractivity contribution in [3.05, 3.63) is 0 Å². The predicted molar refractivity (Wildman–Crippen MR) is 142 cm³/mol. The van der Waals surface area contributed by atoms with Crippen molar-refractivity contribution in [3.8, 4) is 0 Å². The maximum Gasteiger partial charge on any atom is 0.0818 e. The van der Waals surface area contributed by atoms with E-state index in [-0.39, 0.29) is 34.2 Å². The summed E-state index contributed by atoms with van der Waals surface area (Å²) in [6.45, 7) is 31.9. The molecule has 5 heteroatoms. The van der Waals surface area contributed by atoms with Crippen molar-refractivity contribution >= 4 is 11.6 Å². The second-order valence-corrected chi connectivity index (χ2v) is 14.0. The van der Waals surface area contributed by atoms with Crippen LogP contribution in [0.2, 0.25) is 0 Å². The van der Waals surface area contributed by atoms with Gasteiger partial charge in [0.1, 0.15) is 0 Å². The van der Waals surface area contributed by atoms with Gasteiger partial charge in [-0.2, -0.15) is 0 Å². The van der Waals surface area contributed by atoms with Gasteiger partial charge < -0.3 is 18.9 Å². The Bertz CT molecular complexity index is 541. The van der Waals surface area contributed by atoms with E-state index in [0.29, 0.717) is 31.6 Å². The molecule has 200 valence electrons. The molecule has 2 unspecified atom stereocenters. The molecule has 33 heavy (non-hydrogen) atoms. The highest BCUT2D eigenvalue weighted by Gasteiger charge is 2.45. The quantitative estimate of drug-likeness (QED) is 0.218. The van der Waals surface area contributed by atoms with Gasteiger partial charge in [-0.15, -0.1) is 11.6 Å². The summed E-state index contributed by atoms with van der Waals surface area (Å²) in [4.78, 5) is 0. The minimum absolute atomic E-state index is 0.00148. The third-order valence-corrected chi connectivity index (χ3v) is 6.94. The van der Waals surface area contributed by atoms with Crippen molar-refractivity contribution in [2.45, 2.75) is 138 Å². The molecule has 0 N–H and O–H groups in total. The molecule has 0 bridgehead atoms. The van der Waals surface area contributed by atoms with E-state index < -0.39 is 5.60 Å². The van der Waals surface area contributed by atoms with Crippen LogP contribution in [0.5, 0.6) is 0 Å². The molecule has 0 aromatic rings. The summed E-state index contributed by atoms with van der Waals surface area (Å²) in [6, 6.07) is 0. The first kappa shape index (κ1) is 33.1.